The lowest BCUT2D eigenvalue weighted by atomic mass is 9.77. The van der Waals surface area contributed by atoms with Gasteiger partial charge in [0.05, 0.1) is 19.8 Å². The number of halogens is 2. The van der Waals surface area contributed by atoms with Crippen LogP contribution in [0.15, 0.2) is 42.5 Å². The van der Waals surface area contributed by atoms with Crippen molar-refractivity contribution in [2.75, 3.05) is 33.4 Å². The zero-order valence-electron chi connectivity index (χ0n) is 20.5. The zero-order chi connectivity index (χ0) is 25.0. The van der Waals surface area contributed by atoms with Crippen LogP contribution in [0, 0.1) is 0 Å². The second kappa shape index (κ2) is 10.8. The van der Waals surface area contributed by atoms with Gasteiger partial charge in [-0.2, -0.15) is 0 Å². The Morgan fingerprint density at radius 3 is 2.57 bits per heavy atom. The van der Waals surface area contributed by atoms with Crippen LogP contribution < -0.4 is 14.2 Å². The number of carbonyl (C=O) groups excluding carboxylic acids is 1. The number of benzene rings is 2. The van der Waals surface area contributed by atoms with E-state index in [1.165, 1.54) is 0 Å². The SMILES string of the molecule is COc1cc(C(=O)N2CCC3(CC2)CC(COCC(F)F)c2ccccc2O3)ccc1OC(C)C. The Hall–Kier alpha value is -2.87. The van der Waals surface area contributed by atoms with Gasteiger partial charge in [0.1, 0.15) is 18.0 Å². The van der Waals surface area contributed by atoms with Gasteiger partial charge in [-0.25, -0.2) is 8.78 Å². The maximum Gasteiger partial charge on any atom is 0.261 e. The van der Waals surface area contributed by atoms with Gasteiger partial charge in [-0.3, -0.25) is 4.79 Å². The Morgan fingerprint density at radius 2 is 1.89 bits per heavy atom. The van der Waals surface area contributed by atoms with Gasteiger partial charge in [0.15, 0.2) is 11.5 Å². The molecule has 1 amide bonds. The number of nitrogens with zero attached hydrogens (tertiary/aromatic N) is 1. The average Bonchev–Trinajstić information content (AvgIpc) is 2.84. The van der Waals surface area contributed by atoms with Crippen LogP contribution in [0.4, 0.5) is 8.78 Å². The maximum absolute atomic E-state index is 13.2. The average molecular weight is 490 g/mol. The number of likely N-dealkylation sites (tertiary alicyclic amines) is 1. The van der Waals surface area contributed by atoms with Gasteiger partial charge < -0.3 is 23.8 Å². The van der Waals surface area contributed by atoms with E-state index in [4.69, 9.17) is 18.9 Å². The molecule has 0 N–H and O–H groups in total. The van der Waals surface area contributed by atoms with Crippen LogP contribution in [0.3, 0.4) is 0 Å². The highest BCUT2D eigenvalue weighted by Crippen LogP contribution is 2.45. The molecule has 0 saturated carbocycles. The first-order valence-corrected chi connectivity index (χ1v) is 12.1. The van der Waals surface area contributed by atoms with E-state index in [2.05, 4.69) is 0 Å². The Labute approximate surface area is 205 Å². The van der Waals surface area contributed by atoms with Gasteiger partial charge in [0.2, 0.25) is 0 Å². The van der Waals surface area contributed by atoms with Gasteiger partial charge in [0, 0.05) is 37.4 Å². The van der Waals surface area contributed by atoms with Crippen molar-refractivity contribution in [1.82, 2.24) is 4.90 Å². The van der Waals surface area contributed by atoms with E-state index >= 15 is 0 Å². The lowest BCUT2D eigenvalue weighted by molar-refractivity contribution is -0.0370. The molecule has 1 spiro atoms. The third kappa shape index (κ3) is 5.86. The molecule has 35 heavy (non-hydrogen) atoms. The van der Waals surface area contributed by atoms with Gasteiger partial charge >= 0.3 is 0 Å². The second-order valence-corrected chi connectivity index (χ2v) is 9.48. The van der Waals surface area contributed by atoms with Gasteiger partial charge in [-0.05, 0) is 50.1 Å². The molecule has 1 unspecified atom stereocenters. The van der Waals surface area contributed by atoms with Crippen molar-refractivity contribution in [3.8, 4) is 17.2 Å². The summed E-state index contributed by atoms with van der Waals surface area (Å²) in [6.07, 6.45) is -0.509. The Morgan fingerprint density at radius 1 is 1.14 bits per heavy atom. The molecule has 2 aromatic carbocycles. The number of hydrogen-bond donors (Lipinski definition) is 0. The number of rotatable bonds is 8. The van der Waals surface area contributed by atoms with Crippen molar-refractivity contribution in [3.63, 3.8) is 0 Å². The molecular weight excluding hydrogens is 456 g/mol. The molecule has 2 aromatic rings. The Bertz CT molecular complexity index is 1020. The molecule has 8 heteroatoms. The first kappa shape index (κ1) is 25.2. The summed E-state index contributed by atoms with van der Waals surface area (Å²) < 4.78 is 48.2. The maximum atomic E-state index is 13.2. The van der Waals surface area contributed by atoms with Crippen LogP contribution in [-0.4, -0.2) is 62.4 Å². The van der Waals surface area contributed by atoms with Crippen molar-refractivity contribution in [2.24, 2.45) is 0 Å². The number of piperidine rings is 1. The van der Waals surface area contributed by atoms with Crippen LogP contribution in [-0.2, 0) is 4.74 Å². The number of fused-ring (bicyclic) bond motifs is 1. The number of carbonyl (C=O) groups is 1. The summed E-state index contributed by atoms with van der Waals surface area (Å²) in [4.78, 5) is 15.1. The van der Waals surface area contributed by atoms with E-state index in [0.717, 1.165) is 11.3 Å². The lowest BCUT2D eigenvalue weighted by Gasteiger charge is -2.47. The lowest BCUT2D eigenvalue weighted by Crippen LogP contribution is -2.52. The van der Waals surface area contributed by atoms with E-state index < -0.39 is 18.6 Å². The fraction of sp³-hybridized carbons (Fsp3) is 0.519. The van der Waals surface area contributed by atoms with Gasteiger partial charge in [-0.15, -0.1) is 0 Å². The third-order valence-electron chi connectivity index (χ3n) is 6.60. The van der Waals surface area contributed by atoms with Crippen LogP contribution in [0.5, 0.6) is 17.2 Å². The standard InChI is InChI=1S/C27H33F2NO5/c1-18(2)34-23-9-8-19(14-24(23)32-3)26(31)30-12-10-27(11-13-30)15-20(16-33-17-25(28)29)21-6-4-5-7-22(21)35-27/h4-9,14,18,20,25H,10-13,15-17H2,1-3H3. The van der Waals surface area contributed by atoms with E-state index in [1.54, 1.807) is 25.3 Å². The number of ether oxygens (including phenoxy) is 4. The molecule has 0 radical (unpaired) electrons. The van der Waals surface area contributed by atoms with Crippen molar-refractivity contribution < 1.29 is 32.5 Å². The molecule has 6 nitrogen and oxygen atoms in total. The van der Waals surface area contributed by atoms with Gasteiger partial charge in [-0.1, -0.05) is 18.2 Å². The highest BCUT2D eigenvalue weighted by atomic mass is 19.3. The third-order valence-corrected chi connectivity index (χ3v) is 6.60. The summed E-state index contributed by atoms with van der Waals surface area (Å²) in [6.45, 7) is 4.60. The fourth-order valence-corrected chi connectivity index (χ4v) is 4.95. The molecule has 0 aliphatic carbocycles. The van der Waals surface area contributed by atoms with Crippen LogP contribution in [0.2, 0.25) is 0 Å². The summed E-state index contributed by atoms with van der Waals surface area (Å²) in [5, 5.41) is 0. The van der Waals surface area contributed by atoms with Crippen LogP contribution in [0.1, 0.15) is 54.9 Å². The van der Waals surface area contributed by atoms with Crippen molar-refractivity contribution in [2.45, 2.75) is 57.2 Å². The molecule has 2 aliphatic rings. The van der Waals surface area contributed by atoms with Crippen molar-refractivity contribution in [3.05, 3.63) is 53.6 Å². The number of para-hydroxylation sites is 1. The molecule has 4 rings (SSSR count). The zero-order valence-corrected chi connectivity index (χ0v) is 20.5. The summed E-state index contributed by atoms with van der Waals surface area (Å²) in [5.41, 5.74) is 1.08. The van der Waals surface area contributed by atoms with E-state index in [1.807, 2.05) is 43.0 Å². The predicted molar refractivity (Wildman–Crippen MR) is 128 cm³/mol. The normalized spacial score (nSPS) is 18.9. The second-order valence-electron chi connectivity index (χ2n) is 9.48. The quantitative estimate of drug-likeness (QED) is 0.503. The molecule has 1 atom stereocenters. The van der Waals surface area contributed by atoms with Crippen LogP contribution >= 0.6 is 0 Å². The molecule has 2 heterocycles. The van der Waals surface area contributed by atoms with E-state index in [-0.39, 0.29) is 24.5 Å². The Balaban J connectivity index is 1.44. The fourth-order valence-electron chi connectivity index (χ4n) is 4.95. The highest BCUT2D eigenvalue weighted by molar-refractivity contribution is 5.95. The predicted octanol–water partition coefficient (Wildman–Crippen LogP) is 5.31. The highest BCUT2D eigenvalue weighted by Gasteiger charge is 2.44. The molecule has 1 saturated heterocycles. The minimum absolute atomic E-state index is 0.00559. The summed E-state index contributed by atoms with van der Waals surface area (Å²) in [7, 11) is 1.56. The number of amides is 1. The van der Waals surface area contributed by atoms with Gasteiger partial charge in [0.25, 0.3) is 12.3 Å². The topological polar surface area (TPSA) is 57.2 Å². The number of hydrogen-bond acceptors (Lipinski definition) is 5. The van der Waals surface area contributed by atoms with Crippen LogP contribution in [0.25, 0.3) is 0 Å². The molecule has 0 aromatic heterocycles. The van der Waals surface area contributed by atoms with Crippen molar-refractivity contribution in [1.29, 1.82) is 0 Å². The minimum atomic E-state index is -2.49. The number of alkyl halides is 2. The minimum Gasteiger partial charge on any atom is -0.493 e. The first-order chi connectivity index (χ1) is 16.8. The summed E-state index contributed by atoms with van der Waals surface area (Å²) in [5.74, 6) is 1.80. The monoisotopic (exact) mass is 489 g/mol. The number of methoxy groups -OCH3 is 1. The molecular formula is C27H33F2NO5. The summed E-state index contributed by atoms with van der Waals surface area (Å²) >= 11 is 0. The smallest absolute Gasteiger partial charge is 0.261 e. The molecule has 0 bridgehead atoms. The Kier molecular flexibility index (Phi) is 7.79. The molecule has 2 aliphatic heterocycles. The molecule has 190 valence electrons. The van der Waals surface area contributed by atoms with E-state index in [9.17, 15) is 13.6 Å². The van der Waals surface area contributed by atoms with Crippen molar-refractivity contribution >= 4 is 5.91 Å². The summed E-state index contributed by atoms with van der Waals surface area (Å²) in [6, 6.07) is 13.0. The molecule has 1 fully saturated rings. The largest absolute Gasteiger partial charge is 0.493 e. The first-order valence-electron chi connectivity index (χ1n) is 12.1. The van der Waals surface area contributed by atoms with E-state index in [0.29, 0.717) is 49.4 Å².